The average Bonchev–Trinajstić information content (AvgIpc) is 2.92. The van der Waals surface area contributed by atoms with Crippen LogP contribution in [0, 0.1) is 13.8 Å². The number of ether oxygens (including phenoxy) is 1. The molecule has 0 saturated heterocycles. The van der Waals surface area contributed by atoms with Crippen molar-refractivity contribution in [1.82, 2.24) is 4.98 Å². The molecule has 2 heteroatoms. The molecule has 0 unspecified atom stereocenters. The molecule has 36 heavy (non-hydrogen) atoms. The number of hydrogen-bond donors (Lipinski definition) is 0. The van der Waals surface area contributed by atoms with E-state index in [1.165, 1.54) is 32.7 Å². The summed E-state index contributed by atoms with van der Waals surface area (Å²) in [6, 6.07) is 38.7. The number of benzene rings is 5. The maximum absolute atomic E-state index is 5.39. The number of rotatable bonds is 4. The molecule has 1 aromatic heterocycles. The minimum atomic E-state index is 0.851. The van der Waals surface area contributed by atoms with Crippen LogP contribution >= 0.6 is 0 Å². The van der Waals surface area contributed by atoms with Crippen molar-refractivity contribution < 1.29 is 4.74 Å². The molecule has 0 amide bonds. The smallest absolute Gasteiger partial charge is 0.118 e. The van der Waals surface area contributed by atoms with Gasteiger partial charge in [-0.3, -0.25) is 0 Å². The number of aryl methyl sites for hydroxylation is 2. The summed E-state index contributed by atoms with van der Waals surface area (Å²) < 4.78 is 5.39. The first-order valence-electron chi connectivity index (χ1n) is 12.2. The molecule has 6 rings (SSSR count). The number of methoxy groups -OCH3 is 1. The van der Waals surface area contributed by atoms with E-state index in [0.717, 1.165) is 39.4 Å². The summed E-state index contributed by atoms with van der Waals surface area (Å²) in [5.74, 6) is 0.851. The van der Waals surface area contributed by atoms with Crippen LogP contribution in [0.4, 0.5) is 0 Å². The fourth-order valence-electron chi connectivity index (χ4n) is 5.02. The average molecular weight is 466 g/mol. The zero-order valence-electron chi connectivity index (χ0n) is 20.7. The fraction of sp³-hybridized carbons (Fsp3) is 0.0882. The highest BCUT2D eigenvalue weighted by Crippen LogP contribution is 2.35. The van der Waals surface area contributed by atoms with E-state index >= 15 is 0 Å². The lowest BCUT2D eigenvalue weighted by Crippen LogP contribution is -1.95. The van der Waals surface area contributed by atoms with Crippen LogP contribution in [0.15, 0.2) is 109 Å². The van der Waals surface area contributed by atoms with Crippen LogP contribution in [-0.2, 0) is 0 Å². The summed E-state index contributed by atoms with van der Waals surface area (Å²) in [4.78, 5) is 5.24. The van der Waals surface area contributed by atoms with E-state index < -0.39 is 0 Å². The first-order valence-corrected chi connectivity index (χ1v) is 12.2. The lowest BCUT2D eigenvalue weighted by atomic mass is 9.94. The molecule has 0 atom stereocenters. The van der Waals surface area contributed by atoms with Crippen LogP contribution in [0.25, 0.3) is 55.2 Å². The Kier molecular flexibility index (Phi) is 5.50. The van der Waals surface area contributed by atoms with E-state index in [0.29, 0.717) is 0 Å². The monoisotopic (exact) mass is 465 g/mol. The normalized spacial score (nSPS) is 11.2. The lowest BCUT2D eigenvalue weighted by molar-refractivity contribution is 0.415. The molecule has 0 N–H and O–H groups in total. The van der Waals surface area contributed by atoms with Gasteiger partial charge in [0, 0.05) is 11.1 Å². The van der Waals surface area contributed by atoms with Gasteiger partial charge in [0.05, 0.1) is 18.5 Å². The molecule has 0 spiro atoms. The third-order valence-electron chi connectivity index (χ3n) is 6.99. The van der Waals surface area contributed by atoms with Crippen molar-refractivity contribution in [3.05, 3.63) is 120 Å². The molecule has 1 heterocycles. The van der Waals surface area contributed by atoms with Gasteiger partial charge >= 0.3 is 0 Å². The van der Waals surface area contributed by atoms with Gasteiger partial charge in [-0.2, -0.15) is 0 Å². The molecule has 174 valence electrons. The number of pyridine rings is 1. The Morgan fingerprint density at radius 3 is 1.39 bits per heavy atom. The summed E-state index contributed by atoms with van der Waals surface area (Å²) >= 11 is 0. The Bertz CT molecular complexity index is 1630. The van der Waals surface area contributed by atoms with Gasteiger partial charge in [-0.25, -0.2) is 4.98 Å². The Labute approximate surface area is 211 Å². The van der Waals surface area contributed by atoms with Crippen molar-refractivity contribution in [2.75, 3.05) is 7.11 Å². The number of aromatic nitrogens is 1. The van der Waals surface area contributed by atoms with E-state index in [-0.39, 0.29) is 0 Å². The second-order valence-corrected chi connectivity index (χ2v) is 9.38. The van der Waals surface area contributed by atoms with E-state index in [1.54, 1.807) is 7.11 Å². The van der Waals surface area contributed by atoms with Crippen molar-refractivity contribution in [3.8, 4) is 39.4 Å². The molecular formula is C34H27NO. The quantitative estimate of drug-likeness (QED) is 0.259. The first-order chi connectivity index (χ1) is 17.6. The summed E-state index contributed by atoms with van der Waals surface area (Å²) in [6.45, 7) is 4.34. The second-order valence-electron chi connectivity index (χ2n) is 9.38. The molecule has 0 aliphatic heterocycles. The zero-order valence-corrected chi connectivity index (χ0v) is 20.7. The van der Waals surface area contributed by atoms with Crippen molar-refractivity contribution >= 4 is 21.5 Å². The van der Waals surface area contributed by atoms with E-state index in [2.05, 4.69) is 111 Å². The minimum Gasteiger partial charge on any atom is -0.497 e. The summed E-state index contributed by atoms with van der Waals surface area (Å²) in [7, 11) is 1.70. The van der Waals surface area contributed by atoms with Crippen molar-refractivity contribution in [3.63, 3.8) is 0 Å². The molecule has 0 bridgehead atoms. The van der Waals surface area contributed by atoms with Gasteiger partial charge in [0.25, 0.3) is 0 Å². The Balaban J connectivity index is 1.60. The van der Waals surface area contributed by atoms with Crippen LogP contribution in [0.2, 0.25) is 0 Å². The molecule has 6 aromatic rings. The van der Waals surface area contributed by atoms with Crippen LogP contribution < -0.4 is 4.74 Å². The van der Waals surface area contributed by atoms with Gasteiger partial charge < -0.3 is 4.74 Å². The van der Waals surface area contributed by atoms with Gasteiger partial charge in [0.1, 0.15) is 5.75 Å². The van der Waals surface area contributed by atoms with E-state index in [9.17, 15) is 0 Å². The molecule has 0 aliphatic carbocycles. The standard InChI is InChI=1S/C34H27NO/c1-22-16-25-8-4-6-10-27(25)18-31(22)33-20-29(24-12-14-30(36-3)15-13-24)21-34(35-33)32-19-28-11-7-5-9-26(28)17-23(32)2/h4-21H,1-3H3. The minimum absolute atomic E-state index is 0.851. The lowest BCUT2D eigenvalue weighted by Gasteiger charge is -2.15. The van der Waals surface area contributed by atoms with Gasteiger partial charge in [0.2, 0.25) is 0 Å². The van der Waals surface area contributed by atoms with Gasteiger partial charge in [-0.15, -0.1) is 0 Å². The predicted molar refractivity (Wildman–Crippen MR) is 152 cm³/mol. The Hall–Kier alpha value is -4.43. The second kappa shape index (κ2) is 8.98. The SMILES string of the molecule is COc1ccc(-c2cc(-c3cc4ccccc4cc3C)nc(-c3cc4ccccc4cc3C)c2)cc1. The third-order valence-corrected chi connectivity index (χ3v) is 6.99. The number of hydrogen-bond acceptors (Lipinski definition) is 2. The number of nitrogens with zero attached hydrogens (tertiary/aromatic N) is 1. The Morgan fingerprint density at radius 2 is 0.944 bits per heavy atom. The van der Waals surface area contributed by atoms with Crippen molar-refractivity contribution in [2.45, 2.75) is 13.8 Å². The third kappa shape index (κ3) is 4.01. The maximum atomic E-state index is 5.39. The first kappa shape index (κ1) is 22.1. The Morgan fingerprint density at radius 1 is 0.500 bits per heavy atom. The van der Waals surface area contributed by atoms with E-state index in [4.69, 9.17) is 9.72 Å². The van der Waals surface area contributed by atoms with Crippen LogP contribution in [0.5, 0.6) is 5.75 Å². The van der Waals surface area contributed by atoms with Gasteiger partial charge in [-0.1, -0.05) is 72.8 Å². The van der Waals surface area contributed by atoms with Crippen LogP contribution in [-0.4, -0.2) is 12.1 Å². The summed E-state index contributed by atoms with van der Waals surface area (Å²) in [6.07, 6.45) is 0. The highest BCUT2D eigenvalue weighted by molar-refractivity contribution is 5.91. The fourth-order valence-corrected chi connectivity index (χ4v) is 5.02. The molecule has 0 radical (unpaired) electrons. The highest BCUT2D eigenvalue weighted by atomic mass is 16.5. The molecule has 5 aromatic carbocycles. The highest BCUT2D eigenvalue weighted by Gasteiger charge is 2.14. The van der Waals surface area contributed by atoms with Gasteiger partial charge in [0.15, 0.2) is 0 Å². The predicted octanol–water partition coefficient (Wildman–Crippen LogP) is 9.01. The maximum Gasteiger partial charge on any atom is 0.118 e. The molecule has 2 nitrogen and oxygen atoms in total. The largest absolute Gasteiger partial charge is 0.497 e. The zero-order chi connectivity index (χ0) is 24.6. The molecule has 0 aliphatic rings. The topological polar surface area (TPSA) is 22.1 Å². The van der Waals surface area contributed by atoms with Gasteiger partial charge in [-0.05, 0) is 94.0 Å². The van der Waals surface area contributed by atoms with E-state index in [1.807, 2.05) is 12.1 Å². The van der Waals surface area contributed by atoms with Crippen molar-refractivity contribution in [1.29, 1.82) is 0 Å². The van der Waals surface area contributed by atoms with Crippen LogP contribution in [0.3, 0.4) is 0 Å². The molecule has 0 fully saturated rings. The van der Waals surface area contributed by atoms with Crippen molar-refractivity contribution in [2.24, 2.45) is 0 Å². The number of fused-ring (bicyclic) bond motifs is 2. The molecule has 0 saturated carbocycles. The summed E-state index contributed by atoms with van der Waals surface area (Å²) in [5.41, 5.74) is 8.98. The van der Waals surface area contributed by atoms with Crippen LogP contribution in [0.1, 0.15) is 11.1 Å². The molecular weight excluding hydrogens is 438 g/mol. The summed E-state index contributed by atoms with van der Waals surface area (Å²) in [5, 5.41) is 4.93.